The van der Waals surface area contributed by atoms with Crippen LogP contribution in [0.4, 0.5) is 14.9 Å². The smallest absolute Gasteiger partial charge is 0.408 e. The fourth-order valence-electron chi connectivity index (χ4n) is 5.23. The standard InChI is InChI=1S/C29H34FN5O5/c1-38-17-24(23-12-21(30)13-31-28(23)39-2)35-15-22(14-32-35)33-27(36)26(25(19-8-9-19)20-10-11-20)34-29(37)40-16-18-6-4-3-5-7-18/h3-7,12-15,19-20,24-26H,8-11,16-17H2,1-2H3,(H,33,36)(H,34,37)/t24?,26-/m0/s1. The first-order valence-electron chi connectivity index (χ1n) is 13.5. The fourth-order valence-corrected chi connectivity index (χ4v) is 5.23. The summed E-state index contributed by atoms with van der Waals surface area (Å²) >= 11 is 0. The summed E-state index contributed by atoms with van der Waals surface area (Å²) in [4.78, 5) is 30.4. The molecule has 2 aliphatic rings. The molecule has 40 heavy (non-hydrogen) atoms. The van der Waals surface area contributed by atoms with Gasteiger partial charge in [0.15, 0.2) is 0 Å². The maximum Gasteiger partial charge on any atom is 0.408 e. The molecule has 0 aliphatic heterocycles. The molecule has 11 heteroatoms. The third-order valence-corrected chi connectivity index (χ3v) is 7.40. The van der Waals surface area contributed by atoms with Crippen molar-refractivity contribution >= 4 is 17.7 Å². The van der Waals surface area contributed by atoms with Crippen molar-refractivity contribution in [2.75, 3.05) is 26.1 Å². The van der Waals surface area contributed by atoms with Gasteiger partial charge in [-0.15, -0.1) is 0 Å². The molecular weight excluding hydrogens is 517 g/mol. The number of hydrogen-bond acceptors (Lipinski definition) is 7. The molecule has 2 heterocycles. The van der Waals surface area contributed by atoms with Gasteiger partial charge in [0.2, 0.25) is 11.8 Å². The molecule has 2 aromatic heterocycles. The van der Waals surface area contributed by atoms with E-state index < -0.39 is 24.0 Å². The number of hydrogen-bond donors (Lipinski definition) is 2. The van der Waals surface area contributed by atoms with Crippen LogP contribution in [0.25, 0.3) is 0 Å². The van der Waals surface area contributed by atoms with E-state index in [0.717, 1.165) is 37.4 Å². The summed E-state index contributed by atoms with van der Waals surface area (Å²) in [5.74, 6) is 0.256. The molecule has 2 N–H and O–H groups in total. The van der Waals surface area contributed by atoms with Gasteiger partial charge in [0.1, 0.15) is 24.5 Å². The number of rotatable bonds is 13. The summed E-state index contributed by atoms with van der Waals surface area (Å²) in [5, 5.41) is 10.2. The Balaban J connectivity index is 1.31. The molecule has 2 fully saturated rings. The second-order valence-corrected chi connectivity index (χ2v) is 10.4. The average Bonchev–Trinajstić information content (AvgIpc) is 3.91. The van der Waals surface area contributed by atoms with Crippen molar-refractivity contribution < 1.29 is 28.2 Å². The summed E-state index contributed by atoms with van der Waals surface area (Å²) in [5.41, 5.74) is 1.75. The number of nitrogens with zero attached hydrogens (tertiary/aromatic N) is 3. The number of alkyl carbamates (subject to hydrolysis) is 1. The van der Waals surface area contributed by atoms with Crippen molar-refractivity contribution in [3.05, 3.63) is 71.9 Å². The number of halogens is 1. The summed E-state index contributed by atoms with van der Waals surface area (Å²) in [6.45, 7) is 0.282. The number of methoxy groups -OCH3 is 2. The number of carbonyl (C=O) groups excluding carboxylic acids is 2. The molecule has 212 valence electrons. The van der Waals surface area contributed by atoms with Crippen LogP contribution >= 0.6 is 0 Å². The van der Waals surface area contributed by atoms with Gasteiger partial charge in [-0.3, -0.25) is 9.48 Å². The molecule has 0 bridgehead atoms. The van der Waals surface area contributed by atoms with Crippen LogP contribution in [0.3, 0.4) is 0 Å². The lowest BCUT2D eigenvalue weighted by molar-refractivity contribution is -0.119. The molecule has 2 atom stereocenters. The summed E-state index contributed by atoms with van der Waals surface area (Å²) in [6, 6.07) is 9.42. The third kappa shape index (κ3) is 6.77. The minimum absolute atomic E-state index is 0.0446. The molecule has 2 amide bonds. The quantitative estimate of drug-likeness (QED) is 0.325. The van der Waals surface area contributed by atoms with Crippen molar-refractivity contribution in [1.29, 1.82) is 0 Å². The van der Waals surface area contributed by atoms with E-state index in [9.17, 15) is 14.0 Å². The van der Waals surface area contributed by atoms with E-state index in [1.54, 1.807) is 10.9 Å². The molecule has 0 saturated heterocycles. The van der Waals surface area contributed by atoms with Gasteiger partial charge in [0, 0.05) is 18.9 Å². The van der Waals surface area contributed by atoms with Crippen LogP contribution in [-0.2, 0) is 20.9 Å². The molecule has 1 unspecified atom stereocenters. The van der Waals surface area contributed by atoms with Gasteiger partial charge in [-0.05, 0) is 55.1 Å². The minimum atomic E-state index is -0.742. The molecule has 5 rings (SSSR count). The monoisotopic (exact) mass is 551 g/mol. The fraction of sp³-hybridized carbons (Fsp3) is 0.448. The molecular formula is C29H34FN5O5. The Morgan fingerprint density at radius 1 is 1.10 bits per heavy atom. The first-order valence-corrected chi connectivity index (χ1v) is 13.5. The highest BCUT2D eigenvalue weighted by Gasteiger charge is 2.48. The van der Waals surface area contributed by atoms with Gasteiger partial charge in [0.25, 0.3) is 0 Å². The lowest BCUT2D eigenvalue weighted by atomic mass is 9.89. The van der Waals surface area contributed by atoms with Crippen LogP contribution in [-0.4, -0.2) is 53.6 Å². The number of carbonyl (C=O) groups is 2. The van der Waals surface area contributed by atoms with Crippen LogP contribution in [0.2, 0.25) is 0 Å². The summed E-state index contributed by atoms with van der Waals surface area (Å²) in [6.07, 6.45) is 7.79. The number of nitrogens with one attached hydrogen (secondary N) is 2. The van der Waals surface area contributed by atoms with E-state index in [0.29, 0.717) is 23.1 Å². The highest BCUT2D eigenvalue weighted by atomic mass is 19.1. The SMILES string of the molecule is COCC(c1cc(F)cnc1OC)n1cc(NC(=O)[C@@H](NC(=O)OCc2ccccc2)C(C2CC2)C2CC2)cn1. The number of ether oxygens (including phenoxy) is 3. The molecule has 10 nitrogen and oxygen atoms in total. The van der Waals surface area contributed by atoms with Gasteiger partial charge >= 0.3 is 6.09 Å². The zero-order chi connectivity index (χ0) is 28.1. The zero-order valence-electron chi connectivity index (χ0n) is 22.6. The normalized spacial score (nSPS) is 16.3. The van der Waals surface area contributed by atoms with Gasteiger partial charge in [-0.2, -0.15) is 5.10 Å². The number of anilines is 1. The minimum Gasteiger partial charge on any atom is -0.481 e. The van der Waals surface area contributed by atoms with Gasteiger partial charge in [0.05, 0.1) is 31.8 Å². The maximum absolute atomic E-state index is 14.0. The van der Waals surface area contributed by atoms with E-state index in [1.807, 2.05) is 30.3 Å². The summed E-state index contributed by atoms with van der Waals surface area (Å²) < 4.78 is 31.7. The van der Waals surface area contributed by atoms with E-state index in [1.165, 1.54) is 26.5 Å². The lowest BCUT2D eigenvalue weighted by Gasteiger charge is -2.27. The Morgan fingerprint density at radius 2 is 1.82 bits per heavy atom. The van der Waals surface area contributed by atoms with Gasteiger partial charge in [-0.25, -0.2) is 14.2 Å². The number of benzene rings is 1. The zero-order valence-corrected chi connectivity index (χ0v) is 22.6. The van der Waals surface area contributed by atoms with Crippen molar-refractivity contribution in [3.8, 4) is 5.88 Å². The van der Waals surface area contributed by atoms with Crippen molar-refractivity contribution in [1.82, 2.24) is 20.1 Å². The Morgan fingerprint density at radius 3 is 2.48 bits per heavy atom. The predicted octanol–water partition coefficient (Wildman–Crippen LogP) is 4.33. The predicted molar refractivity (Wildman–Crippen MR) is 144 cm³/mol. The molecule has 1 aromatic carbocycles. The Bertz CT molecular complexity index is 1300. The Labute approximate surface area is 232 Å². The number of amides is 2. The maximum atomic E-state index is 14.0. The highest BCUT2D eigenvalue weighted by molar-refractivity contribution is 5.96. The third-order valence-electron chi connectivity index (χ3n) is 7.40. The van der Waals surface area contributed by atoms with E-state index in [4.69, 9.17) is 14.2 Å². The van der Waals surface area contributed by atoms with E-state index in [-0.39, 0.29) is 30.9 Å². The highest BCUT2D eigenvalue weighted by Crippen LogP contribution is 2.51. The van der Waals surface area contributed by atoms with Crippen LogP contribution in [0.15, 0.2) is 55.0 Å². The second-order valence-electron chi connectivity index (χ2n) is 10.4. The van der Waals surface area contributed by atoms with Crippen LogP contribution in [0.5, 0.6) is 5.88 Å². The first kappa shape index (κ1) is 27.6. The lowest BCUT2D eigenvalue weighted by Crippen LogP contribution is -2.50. The van der Waals surface area contributed by atoms with E-state index in [2.05, 4.69) is 20.7 Å². The van der Waals surface area contributed by atoms with Crippen molar-refractivity contribution in [2.45, 2.75) is 44.4 Å². The molecule has 2 aliphatic carbocycles. The van der Waals surface area contributed by atoms with Crippen molar-refractivity contribution in [2.24, 2.45) is 17.8 Å². The Hall–Kier alpha value is -3.99. The van der Waals surface area contributed by atoms with Crippen LogP contribution in [0.1, 0.15) is 42.9 Å². The van der Waals surface area contributed by atoms with Crippen LogP contribution in [0, 0.1) is 23.6 Å². The van der Waals surface area contributed by atoms with Crippen molar-refractivity contribution in [3.63, 3.8) is 0 Å². The molecule has 0 radical (unpaired) electrons. The average molecular weight is 552 g/mol. The number of pyridine rings is 1. The first-order chi connectivity index (χ1) is 19.5. The molecule has 2 saturated carbocycles. The van der Waals surface area contributed by atoms with Crippen LogP contribution < -0.4 is 15.4 Å². The largest absolute Gasteiger partial charge is 0.481 e. The molecule has 0 spiro atoms. The van der Waals surface area contributed by atoms with E-state index >= 15 is 0 Å². The summed E-state index contributed by atoms with van der Waals surface area (Å²) in [7, 11) is 2.98. The molecule has 3 aromatic rings. The topological polar surface area (TPSA) is 117 Å². The second kappa shape index (κ2) is 12.5. The van der Waals surface area contributed by atoms with Gasteiger partial charge in [-0.1, -0.05) is 30.3 Å². The Kier molecular flexibility index (Phi) is 8.59. The van der Waals surface area contributed by atoms with Gasteiger partial charge < -0.3 is 24.8 Å². The number of aromatic nitrogens is 3.